The number of carbonyl (C=O) groups is 1. The van der Waals surface area contributed by atoms with Gasteiger partial charge in [-0.3, -0.25) is 4.79 Å². The summed E-state index contributed by atoms with van der Waals surface area (Å²) in [6.45, 7) is 14.3. The van der Waals surface area contributed by atoms with Gasteiger partial charge in [-0.1, -0.05) is 46.8 Å². The standard InChI is InChI=1S/C9H10O3.C7H15N.2C2H6/c1-12-8-4-2-3-7(5-8)6-9(10)11;1-2-5-8-6-3-4-7-8;2*1-2/h2-5H,6H2,1H3,(H,10,11);2-7H2,1H3;2*1-2H3. The molecule has 1 aromatic carbocycles. The molecule has 1 aromatic rings. The maximum atomic E-state index is 10.3. The van der Waals surface area contributed by atoms with E-state index in [1.165, 1.54) is 38.9 Å². The molecule has 1 heterocycles. The summed E-state index contributed by atoms with van der Waals surface area (Å²) in [5, 5.41) is 8.49. The molecule has 24 heavy (non-hydrogen) atoms. The van der Waals surface area contributed by atoms with Crippen molar-refractivity contribution in [3.05, 3.63) is 29.8 Å². The minimum atomic E-state index is -0.830. The summed E-state index contributed by atoms with van der Waals surface area (Å²) in [5.41, 5.74) is 0.752. The fraction of sp³-hybridized carbons (Fsp3) is 0.650. The van der Waals surface area contributed by atoms with E-state index in [2.05, 4.69) is 11.8 Å². The molecule has 2 rings (SSSR count). The highest BCUT2D eigenvalue weighted by atomic mass is 16.5. The van der Waals surface area contributed by atoms with Gasteiger partial charge in [-0.05, 0) is 56.6 Å². The fourth-order valence-corrected chi connectivity index (χ4v) is 2.28. The molecular weight excluding hydrogens is 302 g/mol. The molecule has 0 bridgehead atoms. The molecule has 4 nitrogen and oxygen atoms in total. The number of methoxy groups -OCH3 is 1. The molecule has 0 saturated carbocycles. The van der Waals surface area contributed by atoms with Crippen LogP contribution < -0.4 is 4.74 Å². The molecule has 0 atom stereocenters. The summed E-state index contributed by atoms with van der Waals surface area (Å²) in [6, 6.07) is 7.03. The predicted octanol–water partition coefficient (Wildman–Crippen LogP) is 4.87. The van der Waals surface area contributed by atoms with E-state index in [1.54, 1.807) is 31.4 Å². The van der Waals surface area contributed by atoms with E-state index in [9.17, 15) is 4.79 Å². The zero-order chi connectivity index (χ0) is 18.8. The van der Waals surface area contributed by atoms with Gasteiger partial charge in [0.15, 0.2) is 0 Å². The molecular formula is C20H37NO3. The van der Waals surface area contributed by atoms with Crippen molar-refractivity contribution in [3.8, 4) is 5.75 Å². The highest BCUT2D eigenvalue weighted by molar-refractivity contribution is 5.70. The third kappa shape index (κ3) is 12.9. The van der Waals surface area contributed by atoms with Crippen molar-refractivity contribution in [2.75, 3.05) is 26.7 Å². The summed E-state index contributed by atoms with van der Waals surface area (Å²) < 4.78 is 4.94. The second kappa shape index (κ2) is 17.8. The van der Waals surface area contributed by atoms with Crippen molar-refractivity contribution < 1.29 is 14.6 Å². The summed E-state index contributed by atoms with van der Waals surface area (Å²) in [6.07, 6.45) is 4.22. The van der Waals surface area contributed by atoms with Crippen LogP contribution in [0.4, 0.5) is 0 Å². The SMILES string of the molecule is CC.CC.CCCN1CCCC1.COc1cccc(CC(=O)O)c1. The molecule has 1 N–H and O–H groups in total. The molecule has 1 aliphatic rings. The number of benzene rings is 1. The first-order valence-corrected chi connectivity index (χ1v) is 9.22. The van der Waals surface area contributed by atoms with Crippen LogP contribution in [0, 0.1) is 0 Å². The number of aliphatic carboxylic acids is 1. The van der Waals surface area contributed by atoms with Crippen molar-refractivity contribution in [3.63, 3.8) is 0 Å². The lowest BCUT2D eigenvalue weighted by Gasteiger charge is -2.11. The first-order valence-electron chi connectivity index (χ1n) is 9.22. The number of likely N-dealkylation sites (tertiary alicyclic amines) is 1. The minimum Gasteiger partial charge on any atom is -0.497 e. The maximum absolute atomic E-state index is 10.3. The monoisotopic (exact) mass is 339 g/mol. The third-order valence-electron chi connectivity index (χ3n) is 3.23. The molecule has 0 radical (unpaired) electrons. The number of nitrogens with zero attached hydrogens (tertiary/aromatic N) is 1. The summed E-state index contributed by atoms with van der Waals surface area (Å²) >= 11 is 0. The average molecular weight is 340 g/mol. The molecule has 140 valence electrons. The zero-order valence-corrected chi connectivity index (χ0v) is 16.5. The second-order valence-corrected chi connectivity index (χ2v) is 4.97. The maximum Gasteiger partial charge on any atom is 0.307 e. The van der Waals surface area contributed by atoms with Gasteiger partial charge in [0.05, 0.1) is 13.5 Å². The van der Waals surface area contributed by atoms with Crippen molar-refractivity contribution in [1.82, 2.24) is 4.90 Å². The molecule has 0 spiro atoms. The number of carboxylic acid groups (broad SMARTS) is 1. The van der Waals surface area contributed by atoms with Gasteiger partial charge in [0, 0.05) is 0 Å². The topological polar surface area (TPSA) is 49.8 Å². The van der Waals surface area contributed by atoms with E-state index >= 15 is 0 Å². The molecule has 0 amide bonds. The molecule has 1 aliphatic heterocycles. The Morgan fingerprint density at radius 1 is 1.17 bits per heavy atom. The van der Waals surface area contributed by atoms with E-state index < -0.39 is 5.97 Å². The summed E-state index contributed by atoms with van der Waals surface area (Å²) in [4.78, 5) is 12.9. The normalized spacial score (nSPS) is 12.6. The van der Waals surface area contributed by atoms with Gasteiger partial charge in [-0.25, -0.2) is 0 Å². The van der Waals surface area contributed by atoms with Gasteiger partial charge in [0.1, 0.15) is 5.75 Å². The lowest BCUT2D eigenvalue weighted by atomic mass is 10.1. The number of rotatable bonds is 5. The van der Waals surface area contributed by atoms with Crippen LogP contribution in [0.5, 0.6) is 5.75 Å². The van der Waals surface area contributed by atoms with Crippen LogP contribution in [0.3, 0.4) is 0 Å². The smallest absolute Gasteiger partial charge is 0.307 e. The van der Waals surface area contributed by atoms with Gasteiger partial charge >= 0.3 is 5.97 Å². The third-order valence-corrected chi connectivity index (χ3v) is 3.23. The van der Waals surface area contributed by atoms with Gasteiger partial charge in [-0.2, -0.15) is 0 Å². The Labute approximate surface area is 148 Å². The number of carboxylic acids is 1. The summed E-state index contributed by atoms with van der Waals surface area (Å²) in [5.74, 6) is -0.142. The van der Waals surface area contributed by atoms with Crippen molar-refractivity contribution >= 4 is 5.97 Å². The molecule has 0 aromatic heterocycles. The molecule has 1 fully saturated rings. The van der Waals surface area contributed by atoms with Crippen LogP contribution in [0.2, 0.25) is 0 Å². The Bertz CT molecular complexity index is 402. The number of hydrogen-bond donors (Lipinski definition) is 1. The van der Waals surface area contributed by atoms with Crippen LogP contribution in [0.15, 0.2) is 24.3 Å². The van der Waals surface area contributed by atoms with Crippen molar-refractivity contribution in [2.24, 2.45) is 0 Å². The Kier molecular flexibility index (Phi) is 18.3. The Hall–Kier alpha value is -1.55. The van der Waals surface area contributed by atoms with E-state index in [1.807, 2.05) is 27.7 Å². The van der Waals surface area contributed by atoms with E-state index in [0.29, 0.717) is 5.75 Å². The number of ether oxygens (including phenoxy) is 1. The minimum absolute atomic E-state index is 0.0389. The quantitative estimate of drug-likeness (QED) is 0.831. The molecule has 1 saturated heterocycles. The first-order chi connectivity index (χ1) is 11.7. The molecule has 4 heteroatoms. The van der Waals surface area contributed by atoms with Crippen LogP contribution in [-0.4, -0.2) is 42.7 Å². The van der Waals surface area contributed by atoms with Crippen molar-refractivity contribution in [2.45, 2.75) is 60.3 Å². The largest absolute Gasteiger partial charge is 0.497 e. The van der Waals surface area contributed by atoms with Crippen LogP contribution in [-0.2, 0) is 11.2 Å². The lowest BCUT2D eigenvalue weighted by Crippen LogP contribution is -2.19. The van der Waals surface area contributed by atoms with Gasteiger partial charge in [-0.15, -0.1) is 0 Å². The zero-order valence-electron chi connectivity index (χ0n) is 16.5. The van der Waals surface area contributed by atoms with Gasteiger partial charge in [0.25, 0.3) is 0 Å². The Balaban J connectivity index is 0. The Morgan fingerprint density at radius 3 is 2.21 bits per heavy atom. The highest BCUT2D eigenvalue weighted by Crippen LogP contribution is 2.12. The van der Waals surface area contributed by atoms with E-state index in [4.69, 9.17) is 9.84 Å². The van der Waals surface area contributed by atoms with Crippen LogP contribution >= 0.6 is 0 Å². The van der Waals surface area contributed by atoms with Gasteiger partial charge in [0.2, 0.25) is 0 Å². The second-order valence-electron chi connectivity index (χ2n) is 4.97. The van der Waals surface area contributed by atoms with Crippen molar-refractivity contribution in [1.29, 1.82) is 0 Å². The highest BCUT2D eigenvalue weighted by Gasteiger charge is 2.08. The lowest BCUT2D eigenvalue weighted by molar-refractivity contribution is -0.136. The van der Waals surface area contributed by atoms with E-state index in [-0.39, 0.29) is 6.42 Å². The number of hydrogen-bond acceptors (Lipinski definition) is 3. The fourth-order valence-electron chi connectivity index (χ4n) is 2.28. The van der Waals surface area contributed by atoms with Gasteiger partial charge < -0.3 is 14.7 Å². The average Bonchev–Trinajstić information content (AvgIpc) is 3.12. The Morgan fingerprint density at radius 2 is 1.75 bits per heavy atom. The first kappa shape index (κ1) is 24.7. The van der Waals surface area contributed by atoms with Crippen LogP contribution in [0.25, 0.3) is 0 Å². The molecule has 0 unspecified atom stereocenters. The molecule has 0 aliphatic carbocycles. The summed E-state index contributed by atoms with van der Waals surface area (Å²) in [7, 11) is 1.56. The van der Waals surface area contributed by atoms with Crippen LogP contribution in [0.1, 0.15) is 59.4 Å². The van der Waals surface area contributed by atoms with E-state index in [0.717, 1.165) is 5.56 Å². The predicted molar refractivity (Wildman–Crippen MR) is 103 cm³/mol.